The highest BCUT2D eigenvalue weighted by atomic mass is 16.3. The molecule has 4 aliphatic rings. The van der Waals surface area contributed by atoms with Crippen LogP contribution in [-0.2, 0) is 4.79 Å². The number of nitrogens with zero attached hydrogens (tertiary/aromatic N) is 1. The molecule has 4 rings (SSSR count). The standard InChI is InChI=1S/C10H16N2O2/c13-7-1-2-12(5-7)10(14)9-6-3-8(9)11-4-6/h6-9,11,13H,1-5H2. The lowest BCUT2D eigenvalue weighted by atomic mass is 9.73. The van der Waals surface area contributed by atoms with Gasteiger partial charge in [-0.1, -0.05) is 0 Å². The molecule has 1 aliphatic carbocycles. The fourth-order valence-corrected chi connectivity index (χ4v) is 3.00. The van der Waals surface area contributed by atoms with Gasteiger partial charge in [-0.05, 0) is 25.3 Å². The summed E-state index contributed by atoms with van der Waals surface area (Å²) in [5.74, 6) is 1.07. The van der Waals surface area contributed by atoms with Gasteiger partial charge in [-0.2, -0.15) is 0 Å². The molecule has 4 heteroatoms. The molecular weight excluding hydrogens is 180 g/mol. The van der Waals surface area contributed by atoms with Crippen LogP contribution in [0.15, 0.2) is 0 Å². The molecule has 4 nitrogen and oxygen atoms in total. The molecule has 0 aromatic carbocycles. The summed E-state index contributed by atoms with van der Waals surface area (Å²) in [5, 5.41) is 12.7. The maximum Gasteiger partial charge on any atom is 0.227 e. The number of hydrogen-bond donors (Lipinski definition) is 2. The van der Waals surface area contributed by atoms with Crippen molar-refractivity contribution in [3.05, 3.63) is 0 Å². The second-order valence-corrected chi connectivity index (χ2v) is 4.76. The van der Waals surface area contributed by atoms with Crippen LogP contribution in [0.4, 0.5) is 0 Å². The van der Waals surface area contributed by atoms with Gasteiger partial charge in [-0.3, -0.25) is 4.79 Å². The van der Waals surface area contributed by atoms with Gasteiger partial charge in [0, 0.05) is 19.1 Å². The van der Waals surface area contributed by atoms with Crippen LogP contribution in [0.25, 0.3) is 0 Å². The summed E-state index contributed by atoms with van der Waals surface area (Å²) in [5.41, 5.74) is 0. The van der Waals surface area contributed by atoms with E-state index < -0.39 is 0 Å². The van der Waals surface area contributed by atoms with E-state index in [1.165, 1.54) is 6.42 Å². The predicted molar refractivity (Wildman–Crippen MR) is 50.6 cm³/mol. The van der Waals surface area contributed by atoms with E-state index in [1.54, 1.807) is 0 Å². The highest BCUT2D eigenvalue weighted by Gasteiger charge is 2.52. The number of aliphatic hydroxyl groups excluding tert-OH is 1. The molecule has 1 saturated carbocycles. The number of aliphatic hydroxyl groups is 1. The first kappa shape index (κ1) is 8.68. The zero-order valence-electron chi connectivity index (χ0n) is 8.15. The zero-order valence-corrected chi connectivity index (χ0v) is 8.15. The molecule has 78 valence electrons. The molecule has 2 bridgehead atoms. The Labute approximate surface area is 83.3 Å². The minimum Gasteiger partial charge on any atom is -0.391 e. The smallest absolute Gasteiger partial charge is 0.227 e. The van der Waals surface area contributed by atoms with Crippen LogP contribution in [0.1, 0.15) is 12.8 Å². The number of carbonyl (C=O) groups is 1. The lowest BCUT2D eigenvalue weighted by Gasteiger charge is -2.35. The van der Waals surface area contributed by atoms with E-state index in [-0.39, 0.29) is 17.9 Å². The molecule has 2 N–H and O–H groups in total. The van der Waals surface area contributed by atoms with Crippen LogP contribution < -0.4 is 5.32 Å². The van der Waals surface area contributed by atoms with E-state index in [9.17, 15) is 9.90 Å². The Morgan fingerprint density at radius 1 is 1.50 bits per heavy atom. The van der Waals surface area contributed by atoms with Crippen LogP contribution in [0.5, 0.6) is 0 Å². The molecule has 1 amide bonds. The largest absolute Gasteiger partial charge is 0.391 e. The number of β-amino-alcohol motifs (C(OH)–C–C–N with tert-alkyl or cyclic N) is 1. The summed E-state index contributed by atoms with van der Waals surface area (Å²) in [7, 11) is 0. The molecule has 4 fully saturated rings. The van der Waals surface area contributed by atoms with Gasteiger partial charge in [0.05, 0.1) is 12.0 Å². The Balaban J connectivity index is 1.66. The summed E-state index contributed by atoms with van der Waals surface area (Å²) in [4.78, 5) is 13.8. The molecule has 0 radical (unpaired) electrons. The van der Waals surface area contributed by atoms with Gasteiger partial charge in [0.15, 0.2) is 0 Å². The van der Waals surface area contributed by atoms with Crippen LogP contribution in [0, 0.1) is 11.8 Å². The van der Waals surface area contributed by atoms with Gasteiger partial charge in [0.2, 0.25) is 5.91 Å². The van der Waals surface area contributed by atoms with Gasteiger partial charge < -0.3 is 15.3 Å². The summed E-state index contributed by atoms with van der Waals surface area (Å²) in [6, 6.07) is 0.435. The van der Waals surface area contributed by atoms with Gasteiger partial charge in [-0.15, -0.1) is 0 Å². The van der Waals surface area contributed by atoms with Crippen molar-refractivity contribution < 1.29 is 9.90 Å². The van der Waals surface area contributed by atoms with Crippen molar-refractivity contribution in [2.24, 2.45) is 11.8 Å². The number of rotatable bonds is 1. The predicted octanol–water partition coefficient (Wildman–Crippen LogP) is -0.812. The van der Waals surface area contributed by atoms with Crippen molar-refractivity contribution in [1.82, 2.24) is 10.2 Å². The van der Waals surface area contributed by atoms with E-state index in [0.717, 1.165) is 19.5 Å². The summed E-state index contributed by atoms with van der Waals surface area (Å²) in [6.07, 6.45) is 1.64. The van der Waals surface area contributed by atoms with E-state index in [2.05, 4.69) is 5.32 Å². The van der Waals surface area contributed by atoms with Crippen molar-refractivity contribution in [2.45, 2.75) is 25.0 Å². The highest BCUT2D eigenvalue weighted by molar-refractivity contribution is 5.81. The maximum absolute atomic E-state index is 12.0. The SMILES string of the molecule is O=C(C1C2CNC1C2)N1CCC(O)C1. The molecule has 0 aromatic heterocycles. The maximum atomic E-state index is 12.0. The summed E-state index contributed by atoms with van der Waals surface area (Å²) < 4.78 is 0. The Bertz CT molecular complexity index is 255. The Hall–Kier alpha value is -0.610. The Morgan fingerprint density at radius 3 is 2.86 bits per heavy atom. The lowest BCUT2D eigenvalue weighted by Crippen LogP contribution is -2.48. The van der Waals surface area contributed by atoms with Crippen LogP contribution in [0.3, 0.4) is 0 Å². The number of nitrogens with one attached hydrogen (secondary N) is 1. The average Bonchev–Trinajstić information content (AvgIpc) is 2.75. The van der Waals surface area contributed by atoms with Crippen LogP contribution >= 0.6 is 0 Å². The zero-order chi connectivity index (χ0) is 9.71. The third kappa shape index (κ3) is 1.10. The van der Waals surface area contributed by atoms with Crippen molar-refractivity contribution in [3.63, 3.8) is 0 Å². The van der Waals surface area contributed by atoms with E-state index >= 15 is 0 Å². The monoisotopic (exact) mass is 196 g/mol. The van der Waals surface area contributed by atoms with Crippen LogP contribution in [-0.4, -0.2) is 47.7 Å². The van der Waals surface area contributed by atoms with Crippen molar-refractivity contribution in [1.29, 1.82) is 0 Å². The minimum atomic E-state index is -0.287. The van der Waals surface area contributed by atoms with E-state index in [0.29, 0.717) is 18.5 Å². The molecule has 3 heterocycles. The van der Waals surface area contributed by atoms with Crippen molar-refractivity contribution >= 4 is 5.91 Å². The number of fused-ring (bicyclic) bond motifs is 1. The third-order valence-electron chi connectivity index (χ3n) is 3.90. The lowest BCUT2D eigenvalue weighted by molar-refractivity contribution is -0.139. The number of amides is 1. The Morgan fingerprint density at radius 2 is 2.36 bits per heavy atom. The molecule has 3 aliphatic heterocycles. The van der Waals surface area contributed by atoms with Gasteiger partial charge in [0.25, 0.3) is 0 Å². The summed E-state index contributed by atoms with van der Waals surface area (Å²) in [6.45, 7) is 2.31. The van der Waals surface area contributed by atoms with Gasteiger partial charge in [-0.25, -0.2) is 0 Å². The van der Waals surface area contributed by atoms with Gasteiger partial charge in [0.1, 0.15) is 0 Å². The molecule has 4 atom stereocenters. The quantitative estimate of drug-likeness (QED) is 0.576. The van der Waals surface area contributed by atoms with E-state index in [4.69, 9.17) is 0 Å². The molecule has 14 heavy (non-hydrogen) atoms. The molecular formula is C10H16N2O2. The number of hydrogen-bond acceptors (Lipinski definition) is 3. The topological polar surface area (TPSA) is 52.6 Å². The second kappa shape index (κ2) is 2.94. The molecule has 4 unspecified atom stereocenters. The summed E-state index contributed by atoms with van der Waals surface area (Å²) >= 11 is 0. The van der Waals surface area contributed by atoms with Crippen molar-refractivity contribution in [3.8, 4) is 0 Å². The fraction of sp³-hybridized carbons (Fsp3) is 0.900. The number of likely N-dealkylation sites (tertiary alicyclic amines) is 1. The second-order valence-electron chi connectivity index (χ2n) is 4.76. The van der Waals surface area contributed by atoms with Crippen LogP contribution in [0.2, 0.25) is 0 Å². The van der Waals surface area contributed by atoms with E-state index in [1.807, 2.05) is 4.90 Å². The van der Waals surface area contributed by atoms with Gasteiger partial charge >= 0.3 is 0 Å². The normalized spacial score (nSPS) is 45.4. The third-order valence-corrected chi connectivity index (χ3v) is 3.90. The minimum absolute atomic E-state index is 0.222. The van der Waals surface area contributed by atoms with Crippen molar-refractivity contribution in [2.75, 3.05) is 19.6 Å². The number of carbonyl (C=O) groups excluding carboxylic acids is 1. The first-order chi connectivity index (χ1) is 6.75. The molecule has 0 aromatic rings. The fourth-order valence-electron chi connectivity index (χ4n) is 3.00. The highest BCUT2D eigenvalue weighted by Crippen LogP contribution is 2.41. The molecule has 0 spiro atoms. The molecule has 3 saturated heterocycles. The first-order valence-electron chi connectivity index (χ1n) is 5.46. The average molecular weight is 196 g/mol. The first-order valence-corrected chi connectivity index (χ1v) is 5.46. The Kier molecular flexibility index (Phi) is 1.82.